The summed E-state index contributed by atoms with van der Waals surface area (Å²) in [7, 11) is 0. The van der Waals surface area contributed by atoms with Crippen molar-refractivity contribution >= 4 is 5.97 Å². The second-order valence-electron chi connectivity index (χ2n) is 3.87. The predicted octanol–water partition coefficient (Wildman–Crippen LogP) is 0.917. The Morgan fingerprint density at radius 2 is 2.50 bits per heavy atom. The lowest BCUT2D eigenvalue weighted by Crippen LogP contribution is -2.17. The molecule has 0 spiro atoms. The van der Waals surface area contributed by atoms with Crippen LogP contribution < -0.4 is 5.32 Å². The highest BCUT2D eigenvalue weighted by atomic mass is 16.5. The van der Waals surface area contributed by atoms with Crippen molar-refractivity contribution in [2.45, 2.75) is 26.3 Å². The van der Waals surface area contributed by atoms with Crippen LogP contribution in [-0.4, -0.2) is 29.3 Å². The third-order valence-corrected chi connectivity index (χ3v) is 2.70. The van der Waals surface area contributed by atoms with Gasteiger partial charge >= 0.3 is 5.97 Å². The van der Waals surface area contributed by atoms with E-state index in [9.17, 15) is 4.79 Å². The Morgan fingerprint density at radius 1 is 1.69 bits per heavy atom. The number of carbonyl (C=O) groups excluding carboxylic acids is 1. The highest BCUT2D eigenvalue weighted by molar-refractivity contribution is 5.84. The van der Waals surface area contributed by atoms with E-state index < -0.39 is 5.97 Å². The van der Waals surface area contributed by atoms with Crippen LogP contribution in [0.3, 0.4) is 0 Å². The molecule has 0 aromatic carbocycles. The number of hydrogen-bond acceptors (Lipinski definition) is 6. The summed E-state index contributed by atoms with van der Waals surface area (Å²) in [5.41, 5.74) is 0. The summed E-state index contributed by atoms with van der Waals surface area (Å²) in [5, 5.41) is 6.87. The molecule has 1 aromatic heterocycles. The van der Waals surface area contributed by atoms with Gasteiger partial charge in [0.05, 0.1) is 12.6 Å². The van der Waals surface area contributed by atoms with Gasteiger partial charge in [0.1, 0.15) is 0 Å². The number of nitrogens with one attached hydrogen (secondary N) is 1. The molecule has 1 saturated heterocycles. The van der Waals surface area contributed by atoms with Gasteiger partial charge in [-0.05, 0) is 31.0 Å². The van der Waals surface area contributed by atoms with E-state index in [1.807, 2.05) is 0 Å². The van der Waals surface area contributed by atoms with Crippen molar-refractivity contribution in [3.8, 4) is 0 Å². The van der Waals surface area contributed by atoms with Gasteiger partial charge in [-0.3, -0.25) is 0 Å². The van der Waals surface area contributed by atoms with Crippen molar-refractivity contribution < 1.29 is 14.1 Å². The van der Waals surface area contributed by atoms with E-state index in [0.717, 1.165) is 13.0 Å². The van der Waals surface area contributed by atoms with Crippen LogP contribution in [0.5, 0.6) is 0 Å². The quantitative estimate of drug-likeness (QED) is 0.771. The van der Waals surface area contributed by atoms with Crippen LogP contribution in [0.15, 0.2) is 4.52 Å². The van der Waals surface area contributed by atoms with E-state index in [2.05, 4.69) is 22.4 Å². The Bertz CT molecular complexity index is 377. The average Bonchev–Trinajstić information content (AvgIpc) is 2.86. The van der Waals surface area contributed by atoms with Crippen molar-refractivity contribution in [2.75, 3.05) is 13.2 Å². The average molecular weight is 225 g/mol. The third-order valence-electron chi connectivity index (χ3n) is 2.70. The van der Waals surface area contributed by atoms with Crippen LogP contribution in [0, 0.1) is 5.92 Å². The van der Waals surface area contributed by atoms with Crippen molar-refractivity contribution in [1.29, 1.82) is 0 Å². The molecule has 0 bridgehead atoms. The summed E-state index contributed by atoms with van der Waals surface area (Å²) >= 11 is 0. The molecule has 1 aliphatic heterocycles. The maximum atomic E-state index is 11.3. The molecule has 6 nitrogen and oxygen atoms in total. The van der Waals surface area contributed by atoms with Gasteiger partial charge in [0, 0.05) is 0 Å². The Kier molecular flexibility index (Phi) is 3.19. The number of ether oxygens (including phenoxy) is 1. The molecule has 88 valence electrons. The van der Waals surface area contributed by atoms with Gasteiger partial charge in [-0.1, -0.05) is 6.92 Å². The van der Waals surface area contributed by atoms with Crippen LogP contribution in [0.2, 0.25) is 0 Å². The summed E-state index contributed by atoms with van der Waals surface area (Å²) in [6, 6.07) is 0.0516. The number of esters is 1. The second-order valence-corrected chi connectivity index (χ2v) is 3.87. The lowest BCUT2D eigenvalue weighted by Gasteiger charge is -2.08. The van der Waals surface area contributed by atoms with Crippen molar-refractivity contribution in [3.63, 3.8) is 0 Å². The summed E-state index contributed by atoms with van der Waals surface area (Å²) in [5.74, 6) is 0.365. The normalized spacial score (nSPS) is 24.6. The fraction of sp³-hybridized carbons (Fsp3) is 0.700. The molecule has 2 rings (SSSR count). The highest BCUT2D eigenvalue weighted by Gasteiger charge is 2.30. The van der Waals surface area contributed by atoms with Gasteiger partial charge in [-0.15, -0.1) is 0 Å². The summed E-state index contributed by atoms with van der Waals surface area (Å²) in [6.45, 7) is 5.09. The maximum absolute atomic E-state index is 11.3. The van der Waals surface area contributed by atoms with Gasteiger partial charge in [0.25, 0.3) is 5.82 Å². The molecular formula is C10H15N3O3. The molecule has 16 heavy (non-hydrogen) atoms. The van der Waals surface area contributed by atoms with Gasteiger partial charge in [0.2, 0.25) is 5.89 Å². The Morgan fingerprint density at radius 3 is 3.12 bits per heavy atom. The molecule has 6 heteroatoms. The van der Waals surface area contributed by atoms with Crippen LogP contribution >= 0.6 is 0 Å². The van der Waals surface area contributed by atoms with E-state index in [1.54, 1.807) is 6.92 Å². The number of nitrogens with zero attached hydrogens (tertiary/aromatic N) is 2. The standard InChI is InChI=1S/C10H15N3O3/c1-3-15-10(14)8-12-9(16-13-8)7-6(2)4-5-11-7/h6-7,11H,3-5H2,1-2H3. The zero-order valence-electron chi connectivity index (χ0n) is 9.40. The summed E-state index contributed by atoms with van der Waals surface area (Å²) in [6.07, 6.45) is 1.07. The van der Waals surface area contributed by atoms with Crippen molar-refractivity contribution in [1.82, 2.24) is 15.5 Å². The molecule has 1 N–H and O–H groups in total. The zero-order chi connectivity index (χ0) is 11.5. The first-order chi connectivity index (χ1) is 7.72. The molecule has 1 aliphatic rings. The molecule has 1 aromatic rings. The number of hydrogen-bond donors (Lipinski definition) is 1. The first-order valence-corrected chi connectivity index (χ1v) is 5.46. The molecule has 1 fully saturated rings. The lowest BCUT2D eigenvalue weighted by molar-refractivity contribution is 0.0508. The SMILES string of the molecule is CCOC(=O)c1noc(C2NCCC2C)n1. The van der Waals surface area contributed by atoms with Crippen molar-refractivity contribution in [3.05, 3.63) is 11.7 Å². The molecule has 2 unspecified atom stereocenters. The molecule has 0 aliphatic carbocycles. The minimum Gasteiger partial charge on any atom is -0.460 e. The van der Waals surface area contributed by atoms with Crippen LogP contribution in [0.4, 0.5) is 0 Å². The van der Waals surface area contributed by atoms with Gasteiger partial charge < -0.3 is 14.6 Å². The van der Waals surface area contributed by atoms with E-state index in [-0.39, 0.29) is 11.9 Å². The van der Waals surface area contributed by atoms with Crippen LogP contribution in [0.25, 0.3) is 0 Å². The predicted molar refractivity (Wildman–Crippen MR) is 54.8 cm³/mol. The Labute approximate surface area is 93.4 Å². The number of aromatic nitrogens is 2. The van der Waals surface area contributed by atoms with Gasteiger partial charge in [-0.25, -0.2) is 4.79 Å². The highest BCUT2D eigenvalue weighted by Crippen LogP contribution is 2.27. The minimum atomic E-state index is -0.539. The van der Waals surface area contributed by atoms with Crippen molar-refractivity contribution in [2.24, 2.45) is 5.92 Å². The molecule has 0 saturated carbocycles. The Balaban J connectivity index is 2.10. The second kappa shape index (κ2) is 4.61. The topological polar surface area (TPSA) is 77.2 Å². The molecular weight excluding hydrogens is 210 g/mol. The third kappa shape index (κ3) is 2.06. The minimum absolute atomic E-state index is 0.00208. The fourth-order valence-corrected chi connectivity index (χ4v) is 1.81. The van der Waals surface area contributed by atoms with E-state index >= 15 is 0 Å². The molecule has 2 atom stereocenters. The van der Waals surface area contributed by atoms with Crippen LogP contribution in [0.1, 0.15) is 42.8 Å². The molecule has 0 radical (unpaired) electrons. The number of carbonyl (C=O) groups is 1. The van der Waals surface area contributed by atoms with Gasteiger partial charge in [0.15, 0.2) is 0 Å². The summed E-state index contributed by atoms with van der Waals surface area (Å²) in [4.78, 5) is 15.4. The molecule has 0 amide bonds. The van der Waals surface area contributed by atoms with E-state index in [0.29, 0.717) is 18.4 Å². The summed E-state index contributed by atoms with van der Waals surface area (Å²) < 4.78 is 9.85. The first kappa shape index (κ1) is 11.1. The fourth-order valence-electron chi connectivity index (χ4n) is 1.81. The lowest BCUT2D eigenvalue weighted by atomic mass is 10.0. The maximum Gasteiger partial charge on any atom is 0.379 e. The van der Waals surface area contributed by atoms with Crippen LogP contribution in [-0.2, 0) is 4.74 Å². The van der Waals surface area contributed by atoms with Gasteiger partial charge in [-0.2, -0.15) is 4.98 Å². The zero-order valence-corrected chi connectivity index (χ0v) is 9.40. The van der Waals surface area contributed by atoms with E-state index in [1.165, 1.54) is 0 Å². The first-order valence-electron chi connectivity index (χ1n) is 5.46. The monoisotopic (exact) mass is 225 g/mol. The largest absolute Gasteiger partial charge is 0.460 e. The Hall–Kier alpha value is -1.43. The molecule has 2 heterocycles. The smallest absolute Gasteiger partial charge is 0.379 e. The number of rotatable bonds is 3. The van der Waals surface area contributed by atoms with E-state index in [4.69, 9.17) is 9.26 Å².